The zero-order chi connectivity index (χ0) is 12.7. The van der Waals surface area contributed by atoms with Crippen molar-refractivity contribution < 1.29 is 4.79 Å². The van der Waals surface area contributed by atoms with Gasteiger partial charge in [0.05, 0.1) is 17.8 Å². The molecule has 1 aromatic heterocycles. The van der Waals surface area contributed by atoms with Crippen molar-refractivity contribution in [1.29, 1.82) is 0 Å². The molecule has 0 saturated carbocycles. The maximum atomic E-state index is 11.3. The van der Waals surface area contributed by atoms with Crippen molar-refractivity contribution in [2.24, 2.45) is 5.73 Å². The third-order valence-electron chi connectivity index (χ3n) is 2.96. The second-order valence-corrected chi connectivity index (χ2v) is 4.91. The third-order valence-corrected chi connectivity index (χ3v) is 3.33. The average Bonchev–Trinajstić information content (AvgIpc) is 2.89. The van der Waals surface area contributed by atoms with Gasteiger partial charge in [0.1, 0.15) is 0 Å². The van der Waals surface area contributed by atoms with Gasteiger partial charge in [-0.3, -0.25) is 4.79 Å². The Morgan fingerprint density at radius 3 is 3.06 bits per heavy atom. The van der Waals surface area contributed by atoms with Gasteiger partial charge in [-0.25, -0.2) is 4.98 Å². The van der Waals surface area contributed by atoms with Crippen LogP contribution in [0.2, 0.25) is 0 Å². The summed E-state index contributed by atoms with van der Waals surface area (Å²) >= 11 is 3.30. The molecule has 4 N–H and O–H groups in total. The van der Waals surface area contributed by atoms with Gasteiger partial charge in [-0.15, -0.1) is 0 Å². The first-order valence-corrected chi connectivity index (χ1v) is 6.34. The lowest BCUT2D eigenvalue weighted by molar-refractivity contribution is -0.115. The lowest BCUT2D eigenvalue weighted by Crippen LogP contribution is -2.03. The van der Waals surface area contributed by atoms with Crippen LogP contribution in [0.4, 0.5) is 5.69 Å². The first kappa shape index (κ1) is 11.4. The third kappa shape index (κ3) is 1.83. The summed E-state index contributed by atoms with van der Waals surface area (Å²) in [7, 11) is 0. The summed E-state index contributed by atoms with van der Waals surface area (Å²) in [5, 5.41) is 2.81. The lowest BCUT2D eigenvalue weighted by atomic mass is 10.0. The number of hydrogen-bond acceptors (Lipinski definition) is 3. The highest BCUT2D eigenvalue weighted by molar-refractivity contribution is 9.10. The van der Waals surface area contributed by atoms with Gasteiger partial charge in [0.2, 0.25) is 5.91 Å². The number of anilines is 1. The van der Waals surface area contributed by atoms with Gasteiger partial charge in [0, 0.05) is 17.8 Å². The van der Waals surface area contributed by atoms with E-state index < -0.39 is 0 Å². The fraction of sp³-hybridized carbons (Fsp3) is 0.167. The fourth-order valence-electron chi connectivity index (χ4n) is 2.14. The largest absolute Gasteiger partial charge is 0.335 e. The van der Waals surface area contributed by atoms with Crippen molar-refractivity contribution in [2.75, 3.05) is 5.32 Å². The van der Waals surface area contributed by atoms with Crippen molar-refractivity contribution in [3.63, 3.8) is 0 Å². The Morgan fingerprint density at radius 2 is 2.28 bits per heavy atom. The predicted molar refractivity (Wildman–Crippen MR) is 71.9 cm³/mol. The van der Waals surface area contributed by atoms with Crippen molar-refractivity contribution in [1.82, 2.24) is 9.97 Å². The standard InChI is InChI=1S/C12H11BrN4O/c13-12-16-9(5-14)11(17-12)6-1-2-8-7(3-6)4-10(18)15-8/h1-3H,4-5,14H2,(H,15,18)(H,16,17). The number of rotatable bonds is 2. The van der Waals surface area contributed by atoms with Gasteiger partial charge in [0.15, 0.2) is 4.73 Å². The number of fused-ring (bicyclic) bond motifs is 1. The van der Waals surface area contributed by atoms with Crippen LogP contribution in [0.3, 0.4) is 0 Å². The van der Waals surface area contributed by atoms with Crippen LogP contribution in [0, 0.1) is 0 Å². The van der Waals surface area contributed by atoms with E-state index in [1.165, 1.54) is 0 Å². The van der Waals surface area contributed by atoms with E-state index in [1.54, 1.807) is 0 Å². The van der Waals surface area contributed by atoms with Crippen LogP contribution >= 0.6 is 15.9 Å². The normalized spacial score (nSPS) is 13.6. The Morgan fingerprint density at radius 1 is 1.44 bits per heavy atom. The number of carbonyl (C=O) groups is 1. The number of aromatic amines is 1. The Labute approximate surface area is 112 Å². The van der Waals surface area contributed by atoms with Crippen LogP contribution in [0.15, 0.2) is 22.9 Å². The number of H-pyrrole nitrogens is 1. The molecule has 0 bridgehead atoms. The van der Waals surface area contributed by atoms with Crippen LogP contribution in [-0.4, -0.2) is 15.9 Å². The molecule has 6 heteroatoms. The van der Waals surface area contributed by atoms with Crippen molar-refractivity contribution in [3.8, 4) is 11.3 Å². The second-order valence-electron chi connectivity index (χ2n) is 4.16. The minimum Gasteiger partial charge on any atom is -0.335 e. The summed E-state index contributed by atoms with van der Waals surface area (Å²) in [6.45, 7) is 0.391. The van der Waals surface area contributed by atoms with Crippen LogP contribution in [0.5, 0.6) is 0 Å². The molecule has 1 aromatic carbocycles. The molecule has 0 saturated heterocycles. The zero-order valence-corrected chi connectivity index (χ0v) is 11.0. The molecule has 2 aromatic rings. The summed E-state index contributed by atoms with van der Waals surface area (Å²) in [6.07, 6.45) is 0.423. The van der Waals surface area contributed by atoms with E-state index in [0.717, 1.165) is 28.2 Å². The van der Waals surface area contributed by atoms with Gasteiger partial charge in [-0.05, 0) is 33.6 Å². The number of imidazole rings is 1. The highest BCUT2D eigenvalue weighted by atomic mass is 79.9. The van der Waals surface area contributed by atoms with E-state index in [0.29, 0.717) is 17.7 Å². The van der Waals surface area contributed by atoms with Gasteiger partial charge < -0.3 is 16.0 Å². The molecule has 0 atom stereocenters. The predicted octanol–water partition coefficient (Wildman–Crippen LogP) is 1.79. The Balaban J connectivity index is 2.08. The number of aromatic nitrogens is 2. The summed E-state index contributed by atoms with van der Waals surface area (Å²) in [5.41, 5.74) is 10.2. The zero-order valence-electron chi connectivity index (χ0n) is 9.46. The van der Waals surface area contributed by atoms with Gasteiger partial charge in [-0.1, -0.05) is 6.07 Å². The Hall–Kier alpha value is -1.66. The molecule has 3 rings (SSSR count). The number of hydrogen-bond donors (Lipinski definition) is 3. The van der Waals surface area contributed by atoms with Crippen LogP contribution < -0.4 is 11.1 Å². The van der Waals surface area contributed by atoms with Crippen molar-refractivity contribution in [2.45, 2.75) is 13.0 Å². The fourth-order valence-corrected chi connectivity index (χ4v) is 2.56. The molecule has 0 unspecified atom stereocenters. The summed E-state index contributed by atoms with van der Waals surface area (Å²) in [4.78, 5) is 18.8. The number of carbonyl (C=O) groups excluding carboxylic acids is 1. The van der Waals surface area contributed by atoms with Crippen LogP contribution in [-0.2, 0) is 17.8 Å². The molecular formula is C12H11BrN4O. The summed E-state index contributed by atoms with van der Waals surface area (Å²) in [6, 6.07) is 5.82. The maximum absolute atomic E-state index is 11.3. The van der Waals surface area contributed by atoms with Crippen molar-refractivity contribution in [3.05, 3.63) is 34.2 Å². The van der Waals surface area contributed by atoms with E-state index in [1.807, 2.05) is 18.2 Å². The first-order valence-electron chi connectivity index (χ1n) is 5.55. The number of halogens is 1. The van der Waals surface area contributed by atoms with Gasteiger partial charge in [-0.2, -0.15) is 0 Å². The molecule has 1 amide bonds. The number of nitrogens with zero attached hydrogens (tertiary/aromatic N) is 1. The average molecular weight is 307 g/mol. The molecule has 1 aliphatic heterocycles. The highest BCUT2D eigenvalue weighted by Crippen LogP contribution is 2.30. The molecule has 0 radical (unpaired) electrons. The van der Waals surface area contributed by atoms with Crippen LogP contribution in [0.1, 0.15) is 11.3 Å². The molecule has 0 fully saturated rings. The molecule has 2 heterocycles. The minimum absolute atomic E-state index is 0.0319. The van der Waals surface area contributed by atoms with E-state index in [2.05, 4.69) is 31.2 Å². The Kier molecular flexibility index (Phi) is 2.68. The summed E-state index contributed by atoms with van der Waals surface area (Å²) in [5.74, 6) is 0.0319. The Bertz CT molecular complexity index is 635. The maximum Gasteiger partial charge on any atom is 0.228 e. The monoisotopic (exact) mass is 306 g/mol. The number of benzene rings is 1. The minimum atomic E-state index is 0.0319. The first-order chi connectivity index (χ1) is 8.67. The quantitative estimate of drug-likeness (QED) is 0.791. The summed E-state index contributed by atoms with van der Waals surface area (Å²) < 4.78 is 0.660. The van der Waals surface area contributed by atoms with E-state index in [-0.39, 0.29) is 5.91 Å². The molecular weight excluding hydrogens is 296 g/mol. The van der Waals surface area contributed by atoms with E-state index in [9.17, 15) is 4.79 Å². The smallest absolute Gasteiger partial charge is 0.228 e. The number of nitrogens with one attached hydrogen (secondary N) is 2. The van der Waals surface area contributed by atoms with Gasteiger partial charge in [0.25, 0.3) is 0 Å². The molecule has 1 aliphatic rings. The van der Waals surface area contributed by atoms with E-state index in [4.69, 9.17) is 5.73 Å². The highest BCUT2D eigenvalue weighted by Gasteiger charge is 2.19. The SMILES string of the molecule is NCc1[nH]c(Br)nc1-c1ccc2c(c1)CC(=O)N2. The topological polar surface area (TPSA) is 83.8 Å². The number of nitrogens with two attached hydrogens (primary N) is 1. The molecule has 0 aliphatic carbocycles. The molecule has 92 valence electrons. The van der Waals surface area contributed by atoms with E-state index >= 15 is 0 Å². The van der Waals surface area contributed by atoms with Crippen LogP contribution in [0.25, 0.3) is 11.3 Å². The van der Waals surface area contributed by atoms with Gasteiger partial charge >= 0.3 is 0 Å². The second kappa shape index (κ2) is 4.22. The van der Waals surface area contributed by atoms with Crippen molar-refractivity contribution >= 4 is 27.5 Å². The molecule has 0 spiro atoms. The number of amides is 1. The lowest BCUT2D eigenvalue weighted by Gasteiger charge is -2.03. The molecule has 5 nitrogen and oxygen atoms in total. The molecule has 18 heavy (non-hydrogen) atoms.